The molecule has 9 heteroatoms. The summed E-state index contributed by atoms with van der Waals surface area (Å²) < 4.78 is 0. The van der Waals surface area contributed by atoms with Gasteiger partial charge < -0.3 is 21.7 Å². The van der Waals surface area contributed by atoms with Crippen molar-refractivity contribution in [2.24, 2.45) is 10.7 Å². The van der Waals surface area contributed by atoms with Gasteiger partial charge >= 0.3 is 0 Å². The van der Waals surface area contributed by atoms with Crippen LogP contribution in [0.1, 0.15) is 22.8 Å². The van der Waals surface area contributed by atoms with E-state index in [0.29, 0.717) is 16.4 Å². The van der Waals surface area contributed by atoms with E-state index in [1.54, 1.807) is 24.3 Å². The normalized spacial score (nSPS) is 17.9. The first kappa shape index (κ1) is 20.4. The minimum atomic E-state index is -0.880. The van der Waals surface area contributed by atoms with Gasteiger partial charge in [-0.1, -0.05) is 30.0 Å². The lowest BCUT2D eigenvalue weighted by atomic mass is 10.2. The van der Waals surface area contributed by atoms with Crippen molar-refractivity contribution in [3.63, 3.8) is 0 Å². The van der Waals surface area contributed by atoms with Crippen LogP contribution in [-0.4, -0.2) is 34.3 Å². The molecule has 150 valence electrons. The summed E-state index contributed by atoms with van der Waals surface area (Å²) in [5, 5.41) is 8.50. The van der Waals surface area contributed by atoms with Crippen LogP contribution < -0.4 is 21.7 Å². The Kier molecular flexibility index (Phi) is 6.18. The number of hydrogen-bond donors (Lipinski definition) is 4. The molecule has 8 nitrogen and oxygen atoms in total. The Morgan fingerprint density at radius 2 is 1.76 bits per heavy atom. The third kappa shape index (κ3) is 5.14. The van der Waals surface area contributed by atoms with Gasteiger partial charge in [0.05, 0.1) is 0 Å². The maximum Gasteiger partial charge on any atom is 0.252 e. The number of benzene rings is 2. The van der Waals surface area contributed by atoms with Gasteiger partial charge in [0, 0.05) is 23.9 Å². The lowest BCUT2D eigenvalue weighted by Gasteiger charge is -2.16. The van der Waals surface area contributed by atoms with Crippen LogP contribution in [0.3, 0.4) is 0 Å². The van der Waals surface area contributed by atoms with Gasteiger partial charge in [0.15, 0.2) is 11.2 Å². The first-order valence-electron chi connectivity index (χ1n) is 8.88. The number of rotatable bonds is 5. The molecular formula is C20H21N5O3S. The van der Waals surface area contributed by atoms with Crippen molar-refractivity contribution in [3.05, 3.63) is 59.7 Å². The summed E-state index contributed by atoms with van der Waals surface area (Å²) in [6.07, 6.45) is 0. The number of amidine groups is 1. The van der Waals surface area contributed by atoms with Crippen LogP contribution in [0.5, 0.6) is 0 Å². The molecule has 1 aliphatic heterocycles. The molecule has 0 radical (unpaired) electrons. The Hall–Kier alpha value is -3.33. The van der Waals surface area contributed by atoms with Gasteiger partial charge in [-0.05, 0) is 42.8 Å². The number of primary amides is 1. The minimum absolute atomic E-state index is 0.195. The number of nitrogens with two attached hydrogens (primary N) is 1. The van der Waals surface area contributed by atoms with E-state index in [2.05, 4.69) is 20.9 Å². The Morgan fingerprint density at radius 3 is 2.38 bits per heavy atom. The highest BCUT2D eigenvalue weighted by molar-refractivity contribution is 8.15. The van der Waals surface area contributed by atoms with Gasteiger partial charge in [-0.2, -0.15) is 0 Å². The third-order valence-electron chi connectivity index (χ3n) is 4.20. The smallest absolute Gasteiger partial charge is 0.252 e. The molecule has 2 aromatic carbocycles. The van der Waals surface area contributed by atoms with Crippen molar-refractivity contribution in [1.29, 1.82) is 0 Å². The molecule has 0 fully saturated rings. The van der Waals surface area contributed by atoms with E-state index >= 15 is 0 Å². The number of nitrogens with one attached hydrogen (secondary N) is 3. The first-order chi connectivity index (χ1) is 13.8. The molecule has 29 heavy (non-hydrogen) atoms. The van der Waals surface area contributed by atoms with Gasteiger partial charge in [-0.3, -0.25) is 14.4 Å². The topological polar surface area (TPSA) is 126 Å². The monoisotopic (exact) mass is 411 g/mol. The molecule has 2 aromatic rings. The average Bonchev–Trinajstić information content (AvgIpc) is 3.06. The highest BCUT2D eigenvalue weighted by Crippen LogP contribution is 2.27. The summed E-state index contributed by atoms with van der Waals surface area (Å²) in [7, 11) is 0. The molecule has 1 aliphatic rings. The van der Waals surface area contributed by atoms with Gasteiger partial charge in [0.25, 0.3) is 5.91 Å². The van der Waals surface area contributed by atoms with E-state index in [9.17, 15) is 14.4 Å². The standard InChI is InChI=1S/C20H21N5O3S/c1-11-5-3-4-6-15(11)23-20-24-16(17(21)27)19(29-20)25-18(28)13-7-9-14(10-8-13)22-12(2)26/h3-10,16,19H,1-2H3,(H2,21,27)(H,22,26)(H,23,24)(H,25,28). The Morgan fingerprint density at radius 1 is 1.07 bits per heavy atom. The molecule has 0 aliphatic carbocycles. The number of anilines is 2. The second-order valence-electron chi connectivity index (χ2n) is 6.49. The van der Waals surface area contributed by atoms with E-state index in [0.717, 1.165) is 11.3 Å². The lowest BCUT2D eigenvalue weighted by Crippen LogP contribution is -2.44. The second-order valence-corrected chi connectivity index (χ2v) is 7.62. The van der Waals surface area contributed by atoms with Gasteiger partial charge in [-0.25, -0.2) is 4.99 Å². The highest BCUT2D eigenvalue weighted by atomic mass is 32.2. The van der Waals surface area contributed by atoms with Crippen LogP contribution in [0.2, 0.25) is 0 Å². The minimum Gasteiger partial charge on any atom is -0.368 e. The fourth-order valence-corrected chi connectivity index (χ4v) is 3.81. The van der Waals surface area contributed by atoms with Crippen molar-refractivity contribution in [1.82, 2.24) is 5.32 Å². The fraction of sp³-hybridized carbons (Fsp3) is 0.200. The fourth-order valence-electron chi connectivity index (χ4n) is 2.74. The zero-order valence-corrected chi connectivity index (χ0v) is 16.7. The second kappa shape index (κ2) is 8.78. The number of aryl methyl sites for hydroxylation is 1. The molecule has 2 unspecified atom stereocenters. The number of para-hydroxylation sites is 1. The molecular weight excluding hydrogens is 390 g/mol. The van der Waals surface area contributed by atoms with E-state index in [-0.39, 0.29) is 11.8 Å². The van der Waals surface area contributed by atoms with Crippen molar-refractivity contribution in [3.8, 4) is 0 Å². The van der Waals surface area contributed by atoms with Crippen LogP contribution in [0.4, 0.5) is 11.4 Å². The van der Waals surface area contributed by atoms with Crippen LogP contribution in [0.25, 0.3) is 0 Å². The highest BCUT2D eigenvalue weighted by Gasteiger charge is 2.35. The number of aliphatic imine (C=N–C) groups is 1. The van der Waals surface area contributed by atoms with Crippen LogP contribution >= 0.6 is 11.8 Å². The van der Waals surface area contributed by atoms with E-state index in [4.69, 9.17) is 5.73 Å². The van der Waals surface area contributed by atoms with Crippen molar-refractivity contribution in [2.45, 2.75) is 25.3 Å². The van der Waals surface area contributed by atoms with Crippen molar-refractivity contribution < 1.29 is 14.4 Å². The van der Waals surface area contributed by atoms with E-state index < -0.39 is 17.3 Å². The van der Waals surface area contributed by atoms with Gasteiger partial charge in [0.2, 0.25) is 11.8 Å². The Bertz CT molecular complexity index is 974. The molecule has 3 amide bonds. The molecule has 3 rings (SSSR count). The molecule has 5 N–H and O–H groups in total. The van der Waals surface area contributed by atoms with Crippen molar-refractivity contribution >= 4 is 46.0 Å². The predicted molar refractivity (Wildman–Crippen MR) is 115 cm³/mol. The SMILES string of the molecule is CC(=O)Nc1ccc(C(=O)NC2SC(Nc3ccccc3C)=NC2C(N)=O)cc1. The number of amides is 3. The number of nitrogens with zero attached hydrogens (tertiary/aromatic N) is 1. The molecule has 0 bridgehead atoms. The Labute approximate surface area is 172 Å². The summed E-state index contributed by atoms with van der Waals surface area (Å²) in [4.78, 5) is 39.8. The lowest BCUT2D eigenvalue weighted by molar-refractivity contribution is -0.119. The number of carbonyl (C=O) groups is 3. The maximum absolute atomic E-state index is 12.6. The zero-order chi connectivity index (χ0) is 21.0. The van der Waals surface area contributed by atoms with Gasteiger partial charge in [-0.15, -0.1) is 0 Å². The van der Waals surface area contributed by atoms with E-state index in [1.165, 1.54) is 18.7 Å². The summed E-state index contributed by atoms with van der Waals surface area (Å²) in [6, 6.07) is 13.2. The first-order valence-corrected chi connectivity index (χ1v) is 9.76. The molecule has 0 aromatic heterocycles. The largest absolute Gasteiger partial charge is 0.368 e. The molecule has 1 heterocycles. The summed E-state index contributed by atoms with van der Waals surface area (Å²) in [6.45, 7) is 3.36. The van der Waals surface area contributed by atoms with E-state index in [1.807, 2.05) is 31.2 Å². The summed E-state index contributed by atoms with van der Waals surface area (Å²) in [5.41, 5.74) is 8.35. The zero-order valence-electron chi connectivity index (χ0n) is 15.9. The van der Waals surface area contributed by atoms with Crippen LogP contribution in [-0.2, 0) is 9.59 Å². The molecule has 2 atom stereocenters. The Balaban J connectivity index is 1.68. The maximum atomic E-state index is 12.6. The number of carbonyl (C=O) groups excluding carboxylic acids is 3. The average molecular weight is 411 g/mol. The molecule has 0 saturated carbocycles. The number of thioether (sulfide) groups is 1. The summed E-state index contributed by atoms with van der Waals surface area (Å²) in [5.74, 6) is -1.18. The summed E-state index contributed by atoms with van der Waals surface area (Å²) >= 11 is 1.23. The molecule has 0 saturated heterocycles. The predicted octanol–water partition coefficient (Wildman–Crippen LogP) is 2.08. The third-order valence-corrected chi connectivity index (χ3v) is 5.26. The van der Waals surface area contributed by atoms with Crippen LogP contribution in [0.15, 0.2) is 53.5 Å². The quantitative estimate of drug-likeness (QED) is 0.599. The molecule has 0 spiro atoms. The van der Waals surface area contributed by atoms with Crippen molar-refractivity contribution in [2.75, 3.05) is 10.6 Å². The van der Waals surface area contributed by atoms with Crippen LogP contribution in [0, 0.1) is 6.92 Å². The van der Waals surface area contributed by atoms with Gasteiger partial charge in [0.1, 0.15) is 5.37 Å². The number of hydrogen-bond acceptors (Lipinski definition) is 6.